The van der Waals surface area contributed by atoms with Gasteiger partial charge in [-0.1, -0.05) is 43.1 Å². The molecule has 0 aliphatic rings. The number of carbonyl (C=O) groups is 2. The van der Waals surface area contributed by atoms with Crippen LogP contribution in [0.2, 0.25) is 5.02 Å². The first kappa shape index (κ1) is 19.0. The van der Waals surface area contributed by atoms with Crippen LogP contribution in [0.25, 0.3) is 0 Å². The third-order valence-corrected chi connectivity index (χ3v) is 4.09. The molecule has 0 bridgehead atoms. The van der Waals surface area contributed by atoms with Gasteiger partial charge in [0.1, 0.15) is 0 Å². The van der Waals surface area contributed by atoms with Gasteiger partial charge in [-0.15, -0.1) is 0 Å². The van der Waals surface area contributed by atoms with Crippen LogP contribution in [0.5, 0.6) is 0 Å². The van der Waals surface area contributed by atoms with Gasteiger partial charge >= 0.3 is 0 Å². The van der Waals surface area contributed by atoms with Crippen LogP contribution in [0.3, 0.4) is 0 Å². The Morgan fingerprint density at radius 2 is 1.76 bits per heavy atom. The molecule has 0 heterocycles. The van der Waals surface area contributed by atoms with E-state index in [0.29, 0.717) is 34.3 Å². The molecule has 2 amide bonds. The van der Waals surface area contributed by atoms with E-state index < -0.39 is 0 Å². The molecule has 0 spiro atoms. The quantitative estimate of drug-likeness (QED) is 0.787. The average molecular weight is 359 g/mol. The van der Waals surface area contributed by atoms with Crippen molar-refractivity contribution in [1.82, 2.24) is 5.32 Å². The Balaban J connectivity index is 2.10. The molecule has 0 aliphatic carbocycles. The third kappa shape index (κ3) is 5.61. The maximum Gasteiger partial charge on any atom is 0.255 e. The van der Waals surface area contributed by atoms with Crippen molar-refractivity contribution in [3.63, 3.8) is 0 Å². The molecule has 25 heavy (non-hydrogen) atoms. The largest absolute Gasteiger partial charge is 0.352 e. The van der Waals surface area contributed by atoms with Crippen molar-refractivity contribution < 1.29 is 9.59 Å². The Bertz CT molecular complexity index is 772. The van der Waals surface area contributed by atoms with E-state index in [1.54, 1.807) is 30.3 Å². The molecular weight excluding hydrogens is 336 g/mol. The van der Waals surface area contributed by atoms with E-state index in [9.17, 15) is 9.59 Å². The zero-order valence-corrected chi connectivity index (χ0v) is 15.5. The molecule has 0 unspecified atom stereocenters. The summed E-state index contributed by atoms with van der Waals surface area (Å²) in [5.74, 6) is 0.0843. The van der Waals surface area contributed by atoms with E-state index in [0.717, 1.165) is 12.0 Å². The summed E-state index contributed by atoms with van der Waals surface area (Å²) >= 11 is 6.16. The van der Waals surface area contributed by atoms with Crippen molar-refractivity contribution in [1.29, 1.82) is 0 Å². The lowest BCUT2D eigenvalue weighted by Crippen LogP contribution is -2.25. The first-order chi connectivity index (χ1) is 11.9. The van der Waals surface area contributed by atoms with Gasteiger partial charge in [0.2, 0.25) is 0 Å². The zero-order valence-electron chi connectivity index (χ0n) is 14.7. The van der Waals surface area contributed by atoms with E-state index in [1.807, 2.05) is 19.1 Å². The van der Waals surface area contributed by atoms with E-state index >= 15 is 0 Å². The minimum Gasteiger partial charge on any atom is -0.352 e. The highest BCUT2D eigenvalue weighted by atomic mass is 35.5. The lowest BCUT2D eigenvalue weighted by Gasteiger charge is -2.11. The first-order valence-corrected chi connectivity index (χ1v) is 8.70. The molecule has 0 fully saturated rings. The molecular formula is C20H23ClN2O2. The summed E-state index contributed by atoms with van der Waals surface area (Å²) in [5, 5.41) is 6.04. The molecule has 0 atom stereocenters. The number of aryl methyl sites for hydroxylation is 1. The smallest absolute Gasteiger partial charge is 0.255 e. The summed E-state index contributed by atoms with van der Waals surface area (Å²) in [6, 6.07) is 12.1. The van der Waals surface area contributed by atoms with Crippen LogP contribution < -0.4 is 10.6 Å². The van der Waals surface area contributed by atoms with E-state index in [2.05, 4.69) is 24.5 Å². The lowest BCUT2D eigenvalue weighted by molar-refractivity contribution is 0.0950. The number of rotatable bonds is 6. The van der Waals surface area contributed by atoms with Crippen molar-refractivity contribution >= 4 is 29.1 Å². The number of benzene rings is 2. The number of halogens is 1. The summed E-state index contributed by atoms with van der Waals surface area (Å²) in [5.41, 5.74) is 2.43. The van der Waals surface area contributed by atoms with Gasteiger partial charge in [-0.25, -0.2) is 0 Å². The molecule has 2 N–H and O–H groups in total. The van der Waals surface area contributed by atoms with Crippen LogP contribution in [-0.2, 0) is 0 Å². The minimum atomic E-state index is -0.261. The Morgan fingerprint density at radius 1 is 1.04 bits per heavy atom. The third-order valence-electron chi connectivity index (χ3n) is 3.76. The Kier molecular flexibility index (Phi) is 6.59. The van der Waals surface area contributed by atoms with Gasteiger partial charge < -0.3 is 10.6 Å². The van der Waals surface area contributed by atoms with Crippen LogP contribution >= 0.6 is 11.6 Å². The van der Waals surface area contributed by atoms with Crippen LogP contribution in [0, 0.1) is 12.8 Å². The van der Waals surface area contributed by atoms with Crippen LogP contribution in [-0.4, -0.2) is 18.4 Å². The average Bonchev–Trinajstić information content (AvgIpc) is 2.56. The number of anilines is 1. The fraction of sp³-hybridized carbons (Fsp3) is 0.300. The molecule has 4 nitrogen and oxygen atoms in total. The van der Waals surface area contributed by atoms with Gasteiger partial charge in [0.15, 0.2) is 0 Å². The fourth-order valence-corrected chi connectivity index (χ4v) is 2.48. The number of amides is 2. The normalized spacial score (nSPS) is 10.6. The number of carbonyl (C=O) groups excluding carboxylic acids is 2. The number of hydrogen-bond acceptors (Lipinski definition) is 2. The Morgan fingerprint density at radius 3 is 2.44 bits per heavy atom. The highest BCUT2D eigenvalue weighted by molar-refractivity contribution is 6.34. The Labute approximate surface area is 153 Å². The second kappa shape index (κ2) is 8.67. The molecule has 0 radical (unpaired) electrons. The molecule has 2 rings (SSSR count). The topological polar surface area (TPSA) is 58.2 Å². The lowest BCUT2D eigenvalue weighted by atomic mass is 10.1. The second-order valence-corrected chi connectivity index (χ2v) is 6.86. The van der Waals surface area contributed by atoms with Crippen LogP contribution in [0.1, 0.15) is 46.5 Å². The van der Waals surface area contributed by atoms with E-state index in [4.69, 9.17) is 11.6 Å². The van der Waals surface area contributed by atoms with Crippen molar-refractivity contribution in [3.8, 4) is 0 Å². The van der Waals surface area contributed by atoms with Crippen LogP contribution in [0.15, 0.2) is 42.5 Å². The fourth-order valence-electron chi connectivity index (χ4n) is 2.32. The zero-order chi connectivity index (χ0) is 18.4. The Hall–Kier alpha value is -2.33. The number of hydrogen-bond donors (Lipinski definition) is 2. The van der Waals surface area contributed by atoms with Gasteiger partial charge in [-0.05, 0) is 49.6 Å². The predicted molar refractivity (Wildman–Crippen MR) is 102 cm³/mol. The molecule has 2 aromatic carbocycles. The predicted octanol–water partition coefficient (Wildman–Crippen LogP) is 4.68. The molecule has 0 aromatic heterocycles. The first-order valence-electron chi connectivity index (χ1n) is 8.32. The van der Waals surface area contributed by atoms with Crippen molar-refractivity contribution in [2.24, 2.45) is 5.92 Å². The van der Waals surface area contributed by atoms with E-state index in [-0.39, 0.29) is 11.8 Å². The SMILES string of the molecule is Cc1cccc(C(=O)Nc2cc(C(=O)NCCC(C)C)ccc2Cl)c1. The van der Waals surface area contributed by atoms with Crippen molar-refractivity contribution in [2.75, 3.05) is 11.9 Å². The molecule has 2 aromatic rings. The molecule has 0 saturated heterocycles. The summed E-state index contributed by atoms with van der Waals surface area (Å²) in [6.45, 7) is 6.75. The van der Waals surface area contributed by atoms with Gasteiger partial charge in [0.05, 0.1) is 10.7 Å². The summed E-state index contributed by atoms with van der Waals surface area (Å²) in [7, 11) is 0. The molecule has 0 saturated carbocycles. The van der Waals surface area contributed by atoms with Crippen molar-refractivity contribution in [3.05, 3.63) is 64.2 Å². The number of nitrogens with one attached hydrogen (secondary N) is 2. The summed E-state index contributed by atoms with van der Waals surface area (Å²) in [4.78, 5) is 24.6. The van der Waals surface area contributed by atoms with Gasteiger partial charge in [0.25, 0.3) is 11.8 Å². The molecule has 5 heteroatoms. The van der Waals surface area contributed by atoms with E-state index in [1.165, 1.54) is 0 Å². The maximum absolute atomic E-state index is 12.4. The summed E-state index contributed by atoms with van der Waals surface area (Å²) < 4.78 is 0. The minimum absolute atomic E-state index is 0.177. The molecule has 0 aliphatic heterocycles. The monoisotopic (exact) mass is 358 g/mol. The van der Waals surface area contributed by atoms with Crippen LogP contribution in [0.4, 0.5) is 5.69 Å². The van der Waals surface area contributed by atoms with Crippen molar-refractivity contribution in [2.45, 2.75) is 27.2 Å². The van der Waals surface area contributed by atoms with Gasteiger partial charge in [-0.3, -0.25) is 9.59 Å². The van der Waals surface area contributed by atoms with Gasteiger partial charge in [-0.2, -0.15) is 0 Å². The molecule has 132 valence electrons. The van der Waals surface area contributed by atoms with Gasteiger partial charge in [0, 0.05) is 17.7 Å². The highest BCUT2D eigenvalue weighted by Gasteiger charge is 2.12. The second-order valence-electron chi connectivity index (χ2n) is 6.46. The summed E-state index contributed by atoms with van der Waals surface area (Å²) in [6.07, 6.45) is 0.913. The maximum atomic E-state index is 12.4. The highest BCUT2D eigenvalue weighted by Crippen LogP contribution is 2.24. The standard InChI is InChI=1S/C20H23ClN2O2/c1-13(2)9-10-22-19(24)16-7-8-17(21)18(12-16)23-20(25)15-6-4-5-14(3)11-15/h4-8,11-13H,9-10H2,1-3H3,(H,22,24)(H,23,25).